The Kier molecular flexibility index (Phi) is 8.84. The Morgan fingerprint density at radius 3 is 1.98 bits per heavy atom. The van der Waals surface area contributed by atoms with Crippen LogP contribution in [-0.2, 0) is 16.1 Å². The summed E-state index contributed by atoms with van der Waals surface area (Å²) in [5.74, 6) is -0.136. The number of carbonyl (C=O) groups excluding carboxylic acids is 1. The number of esters is 1. The van der Waals surface area contributed by atoms with Gasteiger partial charge in [-0.2, -0.15) is 0 Å². The van der Waals surface area contributed by atoms with E-state index >= 15 is 0 Å². The molecule has 6 aromatic rings. The molecule has 4 aromatic carbocycles. The number of piperidine rings is 1. The number of aliphatic hydroxyl groups excluding tert-OH is 1. The van der Waals surface area contributed by atoms with Gasteiger partial charge in [0.2, 0.25) is 0 Å². The molecular formula is C39H41N5O3. The van der Waals surface area contributed by atoms with Crippen molar-refractivity contribution in [2.45, 2.75) is 45.3 Å². The van der Waals surface area contributed by atoms with Gasteiger partial charge in [0, 0.05) is 88.9 Å². The van der Waals surface area contributed by atoms with Gasteiger partial charge in [0.25, 0.3) is 0 Å². The van der Waals surface area contributed by atoms with E-state index < -0.39 is 0 Å². The van der Waals surface area contributed by atoms with Gasteiger partial charge in [-0.1, -0.05) is 0 Å². The van der Waals surface area contributed by atoms with E-state index in [2.05, 4.69) is 134 Å². The first-order chi connectivity index (χ1) is 23.0. The van der Waals surface area contributed by atoms with Crippen LogP contribution in [0.2, 0.25) is 0 Å². The van der Waals surface area contributed by atoms with E-state index in [0.29, 0.717) is 13.0 Å². The molecule has 1 aliphatic rings. The number of hydrogen-bond acceptors (Lipinski definition) is 6. The molecule has 3 N–H and O–H groups in total. The summed E-state index contributed by atoms with van der Waals surface area (Å²) in [6, 6.07) is 34.2. The molecule has 7 rings (SSSR count). The molecule has 240 valence electrons. The van der Waals surface area contributed by atoms with Crippen molar-refractivity contribution in [2.75, 3.05) is 35.2 Å². The number of ether oxygens (including phenoxy) is 1. The highest BCUT2D eigenvalue weighted by molar-refractivity contribution is 5.87. The number of nitrogens with one attached hydrogen (secondary N) is 2. The highest BCUT2D eigenvalue weighted by atomic mass is 16.5. The van der Waals surface area contributed by atoms with Crippen LogP contribution in [0.25, 0.3) is 27.5 Å². The quantitative estimate of drug-likeness (QED) is 0.125. The second-order valence-electron chi connectivity index (χ2n) is 12.2. The average Bonchev–Trinajstić information content (AvgIpc) is 3.70. The van der Waals surface area contributed by atoms with Gasteiger partial charge < -0.3 is 34.5 Å². The Labute approximate surface area is 275 Å². The van der Waals surface area contributed by atoms with E-state index in [1.54, 1.807) is 0 Å². The molecule has 3 heterocycles. The molecule has 47 heavy (non-hydrogen) atoms. The second-order valence-corrected chi connectivity index (χ2v) is 12.2. The molecule has 0 atom stereocenters. The van der Waals surface area contributed by atoms with Crippen LogP contribution < -0.4 is 15.5 Å². The van der Waals surface area contributed by atoms with Crippen molar-refractivity contribution < 1.29 is 14.6 Å². The summed E-state index contributed by atoms with van der Waals surface area (Å²) >= 11 is 0. The monoisotopic (exact) mass is 627 g/mol. The minimum Gasteiger partial charge on any atom is -0.466 e. The van der Waals surface area contributed by atoms with E-state index in [-0.39, 0.29) is 12.1 Å². The first-order valence-corrected chi connectivity index (χ1v) is 16.6. The summed E-state index contributed by atoms with van der Waals surface area (Å²) < 4.78 is 9.45. The Morgan fingerprint density at radius 1 is 0.745 bits per heavy atom. The fraction of sp³-hybridized carbons (Fsp3) is 0.256. The van der Waals surface area contributed by atoms with Gasteiger partial charge in [-0.25, -0.2) is 0 Å². The molecule has 0 unspecified atom stereocenters. The standard InChI is InChI=1S/C39H41N5O3/c1-2-47-39(46)4-3-21-43-22-17-28-26-32(9-15-37(28)43)41-31-7-13-35(14-8-31)44-25-18-29-27-33(10-16-38(29)44)40-30-5-11-34(12-6-30)42-23-19-36(45)20-24-42/h5-18,22,25-27,36,40-41,45H,2-4,19-21,23-24H2,1H3. The fourth-order valence-corrected chi connectivity index (χ4v) is 6.46. The van der Waals surface area contributed by atoms with E-state index in [0.717, 1.165) is 83.8 Å². The van der Waals surface area contributed by atoms with Gasteiger partial charge in [-0.15, -0.1) is 0 Å². The predicted molar refractivity (Wildman–Crippen MR) is 192 cm³/mol. The number of aliphatic hydroxyl groups is 1. The number of carbonyl (C=O) groups is 1. The van der Waals surface area contributed by atoms with E-state index in [4.69, 9.17) is 4.74 Å². The lowest BCUT2D eigenvalue weighted by Crippen LogP contribution is -2.35. The van der Waals surface area contributed by atoms with Crippen LogP contribution >= 0.6 is 0 Å². The van der Waals surface area contributed by atoms with E-state index in [1.807, 2.05) is 6.92 Å². The average molecular weight is 628 g/mol. The van der Waals surface area contributed by atoms with Crippen molar-refractivity contribution in [3.63, 3.8) is 0 Å². The zero-order valence-corrected chi connectivity index (χ0v) is 26.7. The minimum atomic E-state index is -0.164. The molecule has 2 aromatic heterocycles. The highest BCUT2D eigenvalue weighted by Gasteiger charge is 2.17. The largest absolute Gasteiger partial charge is 0.466 e. The number of fused-ring (bicyclic) bond motifs is 2. The summed E-state index contributed by atoms with van der Waals surface area (Å²) in [5, 5.41) is 19.2. The minimum absolute atomic E-state index is 0.136. The zero-order valence-electron chi connectivity index (χ0n) is 26.7. The number of rotatable bonds is 11. The summed E-state index contributed by atoms with van der Waals surface area (Å²) in [5.41, 5.74) is 8.76. The van der Waals surface area contributed by atoms with Crippen molar-refractivity contribution in [1.29, 1.82) is 0 Å². The first kappa shape index (κ1) is 30.4. The third-order valence-electron chi connectivity index (χ3n) is 8.97. The smallest absolute Gasteiger partial charge is 0.305 e. The maximum atomic E-state index is 11.7. The molecule has 8 heteroatoms. The van der Waals surface area contributed by atoms with Crippen LogP contribution in [-0.4, -0.2) is 46.0 Å². The molecule has 0 amide bonds. The van der Waals surface area contributed by atoms with Crippen LogP contribution in [0.5, 0.6) is 0 Å². The molecule has 1 fully saturated rings. The molecule has 0 saturated carbocycles. The maximum absolute atomic E-state index is 11.7. The SMILES string of the molecule is CCOC(=O)CCCn1ccc2cc(Nc3ccc(-n4ccc5cc(Nc6ccc(N7CCC(O)CC7)cc6)ccc54)cc3)ccc21. The number of hydrogen-bond donors (Lipinski definition) is 3. The van der Waals surface area contributed by atoms with Gasteiger partial charge in [0.15, 0.2) is 0 Å². The number of aryl methyl sites for hydroxylation is 1. The van der Waals surface area contributed by atoms with Crippen molar-refractivity contribution >= 4 is 56.2 Å². The molecule has 1 aliphatic heterocycles. The zero-order chi connectivity index (χ0) is 32.2. The number of benzene rings is 4. The topological polar surface area (TPSA) is 83.7 Å². The first-order valence-electron chi connectivity index (χ1n) is 16.6. The highest BCUT2D eigenvalue weighted by Crippen LogP contribution is 2.29. The van der Waals surface area contributed by atoms with Crippen LogP contribution in [0.1, 0.15) is 32.6 Å². The van der Waals surface area contributed by atoms with E-state index in [9.17, 15) is 9.90 Å². The molecule has 1 saturated heterocycles. The summed E-state index contributed by atoms with van der Waals surface area (Å²) in [7, 11) is 0. The molecule has 0 aliphatic carbocycles. The number of aromatic nitrogens is 2. The fourth-order valence-electron chi connectivity index (χ4n) is 6.46. The van der Waals surface area contributed by atoms with Crippen LogP contribution in [0, 0.1) is 0 Å². The van der Waals surface area contributed by atoms with Gasteiger partial charge >= 0.3 is 5.97 Å². The lowest BCUT2D eigenvalue weighted by atomic mass is 10.1. The van der Waals surface area contributed by atoms with E-state index in [1.165, 1.54) is 11.1 Å². The Hall–Kier alpha value is -5.21. The van der Waals surface area contributed by atoms with Crippen molar-refractivity contribution in [2.24, 2.45) is 0 Å². The molecule has 8 nitrogen and oxygen atoms in total. The normalized spacial score (nSPS) is 13.7. The maximum Gasteiger partial charge on any atom is 0.305 e. The number of nitrogens with zero attached hydrogens (tertiary/aromatic N) is 3. The molecule has 0 bridgehead atoms. The van der Waals surface area contributed by atoms with Crippen molar-refractivity contribution in [3.05, 3.63) is 109 Å². The summed E-state index contributed by atoms with van der Waals surface area (Å²) in [6.45, 7) is 4.84. The molecule has 0 radical (unpaired) electrons. The van der Waals surface area contributed by atoms with Crippen LogP contribution in [0.15, 0.2) is 109 Å². The van der Waals surface area contributed by atoms with Crippen molar-refractivity contribution in [3.8, 4) is 5.69 Å². The third-order valence-corrected chi connectivity index (χ3v) is 8.97. The Bertz CT molecular complexity index is 1970. The third kappa shape index (κ3) is 6.98. The summed E-state index contributed by atoms with van der Waals surface area (Å²) in [6.07, 6.45) is 6.88. The Morgan fingerprint density at radius 2 is 1.32 bits per heavy atom. The van der Waals surface area contributed by atoms with Gasteiger partial charge in [0.1, 0.15) is 0 Å². The molecular weight excluding hydrogens is 586 g/mol. The summed E-state index contributed by atoms with van der Waals surface area (Å²) in [4.78, 5) is 14.0. The lowest BCUT2D eigenvalue weighted by Gasteiger charge is -2.31. The lowest BCUT2D eigenvalue weighted by molar-refractivity contribution is -0.143. The van der Waals surface area contributed by atoms with Gasteiger partial charge in [-0.05, 0) is 123 Å². The van der Waals surface area contributed by atoms with Gasteiger partial charge in [0.05, 0.1) is 18.2 Å². The predicted octanol–water partition coefficient (Wildman–Crippen LogP) is 8.38. The number of anilines is 5. The van der Waals surface area contributed by atoms with Crippen LogP contribution in [0.3, 0.4) is 0 Å². The second kappa shape index (κ2) is 13.6. The van der Waals surface area contributed by atoms with Gasteiger partial charge in [-0.3, -0.25) is 4.79 Å². The van der Waals surface area contributed by atoms with Crippen molar-refractivity contribution in [1.82, 2.24) is 9.13 Å². The Balaban J connectivity index is 0.977. The van der Waals surface area contributed by atoms with Crippen LogP contribution in [0.4, 0.5) is 28.4 Å². The molecule has 0 spiro atoms.